The summed E-state index contributed by atoms with van der Waals surface area (Å²) in [4.78, 5) is 2.30. The average molecular weight is 155 g/mol. The fourth-order valence-electron chi connectivity index (χ4n) is 1.54. The Morgan fingerprint density at radius 2 is 2.09 bits per heavy atom. The summed E-state index contributed by atoms with van der Waals surface area (Å²) in [6.45, 7) is 6.52. The van der Waals surface area contributed by atoms with Crippen LogP contribution in [-0.4, -0.2) is 30.6 Å². The van der Waals surface area contributed by atoms with Crippen LogP contribution in [0.25, 0.3) is 0 Å². The summed E-state index contributed by atoms with van der Waals surface area (Å²) in [6, 6.07) is 0.486. The molecule has 0 spiro atoms. The van der Waals surface area contributed by atoms with Gasteiger partial charge in [0.05, 0.1) is 12.6 Å². The lowest BCUT2D eigenvalue weighted by Crippen LogP contribution is -2.41. The van der Waals surface area contributed by atoms with E-state index >= 15 is 0 Å². The topological polar surface area (TPSA) is 12.5 Å². The first-order valence-electron chi connectivity index (χ1n) is 3.99. The Kier molecular flexibility index (Phi) is 1.97. The minimum absolute atomic E-state index is 0.0637. The Morgan fingerprint density at radius 3 is 2.27 bits per heavy atom. The smallest absolute Gasteiger partial charge is 0.113 e. The van der Waals surface area contributed by atoms with Crippen molar-refractivity contribution in [1.29, 1.82) is 0 Å². The predicted molar refractivity (Wildman–Crippen MR) is 46.4 cm³/mol. The third kappa shape index (κ3) is 1.16. The highest BCUT2D eigenvalue weighted by atomic mass is 16.5. The number of hydrogen-bond acceptors (Lipinski definition) is 2. The largest absolute Gasteiger partial charge is 0.499 e. The normalized spacial score (nSPS) is 30.3. The first-order chi connectivity index (χ1) is 5.00. The van der Waals surface area contributed by atoms with Crippen LogP contribution in [0.2, 0.25) is 0 Å². The summed E-state index contributed by atoms with van der Waals surface area (Å²) in [6.07, 6.45) is 2.17. The second kappa shape index (κ2) is 2.52. The minimum atomic E-state index is 0.0637. The highest BCUT2D eigenvalue weighted by Gasteiger charge is 2.37. The van der Waals surface area contributed by atoms with Gasteiger partial charge in [0.2, 0.25) is 0 Å². The average Bonchev–Trinajstić information content (AvgIpc) is 2.13. The quantitative estimate of drug-likeness (QED) is 0.570. The molecule has 11 heavy (non-hydrogen) atoms. The van der Waals surface area contributed by atoms with Gasteiger partial charge in [0.15, 0.2) is 0 Å². The molecule has 1 unspecified atom stereocenters. The zero-order chi connectivity index (χ0) is 8.65. The molecule has 0 amide bonds. The van der Waals surface area contributed by atoms with Gasteiger partial charge in [-0.3, -0.25) is 4.90 Å². The number of rotatable bonds is 1. The van der Waals surface area contributed by atoms with E-state index in [1.807, 2.05) is 0 Å². The molecular formula is C9H17NO. The molecule has 1 heterocycles. The van der Waals surface area contributed by atoms with Gasteiger partial charge in [-0.1, -0.05) is 0 Å². The molecule has 1 aliphatic rings. The van der Waals surface area contributed by atoms with Gasteiger partial charge < -0.3 is 4.74 Å². The SMILES string of the molecule is COC1=CC(C)N(C)C1(C)C. The summed E-state index contributed by atoms with van der Waals surface area (Å²) < 4.78 is 5.29. The molecule has 2 heteroatoms. The molecule has 0 aromatic rings. The molecule has 0 fully saturated rings. The molecule has 2 nitrogen and oxygen atoms in total. The van der Waals surface area contributed by atoms with E-state index in [4.69, 9.17) is 4.74 Å². The van der Waals surface area contributed by atoms with Crippen molar-refractivity contribution in [2.45, 2.75) is 32.4 Å². The summed E-state index contributed by atoms with van der Waals surface area (Å²) in [5, 5.41) is 0. The molecule has 1 aliphatic heterocycles. The van der Waals surface area contributed by atoms with E-state index in [2.05, 4.69) is 38.8 Å². The molecule has 64 valence electrons. The van der Waals surface area contributed by atoms with Crippen molar-refractivity contribution < 1.29 is 4.74 Å². The van der Waals surface area contributed by atoms with Gasteiger partial charge in [0.25, 0.3) is 0 Å². The lowest BCUT2D eigenvalue weighted by atomic mass is 10.0. The third-order valence-corrected chi connectivity index (χ3v) is 2.71. The standard InChI is InChI=1S/C9H17NO/c1-7-6-8(11-5)9(2,3)10(7)4/h6-7H,1-5H3. The van der Waals surface area contributed by atoms with Crippen LogP contribution in [0.1, 0.15) is 20.8 Å². The van der Waals surface area contributed by atoms with Crippen LogP contribution in [0.5, 0.6) is 0 Å². The first kappa shape index (κ1) is 8.60. The van der Waals surface area contributed by atoms with Gasteiger partial charge in [0, 0.05) is 6.04 Å². The van der Waals surface area contributed by atoms with Crippen molar-refractivity contribution in [2.75, 3.05) is 14.2 Å². The van der Waals surface area contributed by atoms with Gasteiger partial charge in [0.1, 0.15) is 5.76 Å². The Labute approximate surface area is 68.8 Å². The van der Waals surface area contributed by atoms with E-state index < -0.39 is 0 Å². The van der Waals surface area contributed by atoms with E-state index in [1.54, 1.807) is 7.11 Å². The molecule has 0 saturated carbocycles. The summed E-state index contributed by atoms with van der Waals surface area (Å²) in [5.74, 6) is 1.08. The van der Waals surface area contributed by atoms with Crippen molar-refractivity contribution in [3.63, 3.8) is 0 Å². The van der Waals surface area contributed by atoms with Crippen molar-refractivity contribution >= 4 is 0 Å². The van der Waals surface area contributed by atoms with E-state index in [0.29, 0.717) is 6.04 Å². The molecule has 1 rings (SSSR count). The zero-order valence-corrected chi connectivity index (χ0v) is 8.01. The molecule has 1 atom stereocenters. The fourth-order valence-corrected chi connectivity index (χ4v) is 1.54. The van der Waals surface area contributed by atoms with Crippen LogP contribution in [0, 0.1) is 0 Å². The maximum absolute atomic E-state index is 5.29. The molecule has 0 aliphatic carbocycles. The monoisotopic (exact) mass is 155 g/mol. The maximum atomic E-state index is 5.29. The number of methoxy groups -OCH3 is 1. The van der Waals surface area contributed by atoms with Gasteiger partial charge in [-0.05, 0) is 33.9 Å². The van der Waals surface area contributed by atoms with E-state index in [-0.39, 0.29) is 5.54 Å². The van der Waals surface area contributed by atoms with Gasteiger partial charge in [-0.25, -0.2) is 0 Å². The molecule has 0 bridgehead atoms. The number of hydrogen-bond donors (Lipinski definition) is 0. The van der Waals surface area contributed by atoms with Crippen molar-refractivity contribution in [1.82, 2.24) is 4.90 Å². The van der Waals surface area contributed by atoms with E-state index in [1.165, 1.54) is 0 Å². The Bertz CT molecular complexity index is 184. The molecular weight excluding hydrogens is 138 g/mol. The maximum Gasteiger partial charge on any atom is 0.113 e. The minimum Gasteiger partial charge on any atom is -0.499 e. The Hall–Kier alpha value is -0.500. The van der Waals surface area contributed by atoms with Crippen LogP contribution in [-0.2, 0) is 4.74 Å². The van der Waals surface area contributed by atoms with Crippen molar-refractivity contribution in [3.8, 4) is 0 Å². The number of likely N-dealkylation sites (N-methyl/N-ethyl adjacent to an activating group) is 1. The number of ether oxygens (including phenoxy) is 1. The van der Waals surface area contributed by atoms with E-state index in [9.17, 15) is 0 Å². The lowest BCUT2D eigenvalue weighted by molar-refractivity contribution is 0.130. The summed E-state index contributed by atoms with van der Waals surface area (Å²) in [5.41, 5.74) is 0.0637. The van der Waals surface area contributed by atoms with Crippen LogP contribution in [0.3, 0.4) is 0 Å². The van der Waals surface area contributed by atoms with Crippen molar-refractivity contribution in [2.24, 2.45) is 0 Å². The second-order valence-corrected chi connectivity index (χ2v) is 3.65. The van der Waals surface area contributed by atoms with Gasteiger partial charge in [-0.15, -0.1) is 0 Å². The molecule has 0 aromatic heterocycles. The zero-order valence-electron chi connectivity index (χ0n) is 8.01. The Balaban J connectivity index is 2.88. The van der Waals surface area contributed by atoms with Gasteiger partial charge in [-0.2, -0.15) is 0 Å². The lowest BCUT2D eigenvalue weighted by Gasteiger charge is -2.32. The third-order valence-electron chi connectivity index (χ3n) is 2.71. The second-order valence-electron chi connectivity index (χ2n) is 3.65. The first-order valence-corrected chi connectivity index (χ1v) is 3.99. The van der Waals surface area contributed by atoms with Gasteiger partial charge >= 0.3 is 0 Å². The highest BCUT2D eigenvalue weighted by molar-refractivity contribution is 5.21. The molecule has 0 radical (unpaired) electrons. The van der Waals surface area contributed by atoms with Crippen LogP contribution in [0.15, 0.2) is 11.8 Å². The predicted octanol–water partition coefficient (Wildman–Crippen LogP) is 1.63. The van der Waals surface area contributed by atoms with Crippen molar-refractivity contribution in [3.05, 3.63) is 11.8 Å². The highest BCUT2D eigenvalue weighted by Crippen LogP contribution is 2.31. The summed E-state index contributed by atoms with van der Waals surface area (Å²) in [7, 11) is 3.85. The molecule has 0 saturated heterocycles. The van der Waals surface area contributed by atoms with Crippen LogP contribution >= 0.6 is 0 Å². The fraction of sp³-hybridized carbons (Fsp3) is 0.778. The van der Waals surface area contributed by atoms with Crippen LogP contribution < -0.4 is 0 Å². The summed E-state index contributed by atoms with van der Waals surface area (Å²) >= 11 is 0. The molecule has 0 N–H and O–H groups in total. The van der Waals surface area contributed by atoms with Crippen LogP contribution in [0.4, 0.5) is 0 Å². The number of nitrogens with zero attached hydrogens (tertiary/aromatic N) is 1. The van der Waals surface area contributed by atoms with E-state index in [0.717, 1.165) is 5.76 Å². The molecule has 0 aromatic carbocycles. The Morgan fingerprint density at radius 1 is 1.55 bits per heavy atom.